The maximum Gasteiger partial charge on any atom is 0.325 e. The summed E-state index contributed by atoms with van der Waals surface area (Å²) >= 11 is 0. The van der Waals surface area contributed by atoms with Crippen LogP contribution in [-0.2, 0) is 11.2 Å². The van der Waals surface area contributed by atoms with E-state index < -0.39 is 23.9 Å². The fraction of sp³-hybridized carbons (Fsp3) is 0.333. The SMILES string of the molecule is CC(NC(=O)N1CCc2ccc(F)cc21)C(=O)O. The van der Waals surface area contributed by atoms with Gasteiger partial charge in [-0.2, -0.15) is 0 Å². The molecule has 0 aliphatic carbocycles. The normalized spacial score (nSPS) is 15.1. The van der Waals surface area contributed by atoms with Gasteiger partial charge in [0.05, 0.1) is 5.69 Å². The summed E-state index contributed by atoms with van der Waals surface area (Å²) < 4.78 is 13.1. The molecule has 0 fully saturated rings. The minimum absolute atomic E-state index is 0.417. The molecular weight excluding hydrogens is 239 g/mol. The number of aliphatic carboxylic acids is 1. The molecule has 1 aliphatic heterocycles. The van der Waals surface area contributed by atoms with Crippen LogP contribution in [0.25, 0.3) is 0 Å². The second kappa shape index (κ2) is 4.64. The van der Waals surface area contributed by atoms with E-state index in [0.717, 1.165) is 5.56 Å². The third-order valence-electron chi connectivity index (χ3n) is 2.90. The Morgan fingerprint density at radius 3 is 2.89 bits per heavy atom. The molecule has 6 heteroatoms. The monoisotopic (exact) mass is 252 g/mol. The highest BCUT2D eigenvalue weighted by atomic mass is 19.1. The molecule has 96 valence electrons. The molecule has 1 aromatic rings. The summed E-state index contributed by atoms with van der Waals surface area (Å²) in [5.41, 5.74) is 1.39. The van der Waals surface area contributed by atoms with Gasteiger partial charge in [0.15, 0.2) is 0 Å². The molecule has 5 nitrogen and oxygen atoms in total. The lowest BCUT2D eigenvalue weighted by molar-refractivity contribution is -0.138. The highest BCUT2D eigenvalue weighted by Crippen LogP contribution is 2.28. The van der Waals surface area contributed by atoms with E-state index in [0.29, 0.717) is 18.7 Å². The molecule has 2 rings (SSSR count). The maximum atomic E-state index is 13.1. The maximum absolute atomic E-state index is 13.1. The number of amides is 2. The fourth-order valence-corrected chi connectivity index (χ4v) is 1.89. The molecule has 0 aromatic heterocycles. The first kappa shape index (κ1) is 12.3. The molecule has 2 N–H and O–H groups in total. The van der Waals surface area contributed by atoms with Gasteiger partial charge in [0.1, 0.15) is 11.9 Å². The lowest BCUT2D eigenvalue weighted by Gasteiger charge is -2.19. The summed E-state index contributed by atoms with van der Waals surface area (Å²) in [6, 6.07) is 2.77. The first-order valence-electron chi connectivity index (χ1n) is 5.58. The molecule has 0 saturated heterocycles. The first-order chi connectivity index (χ1) is 8.49. The van der Waals surface area contributed by atoms with Crippen molar-refractivity contribution in [3.63, 3.8) is 0 Å². The van der Waals surface area contributed by atoms with Gasteiger partial charge in [-0.1, -0.05) is 6.07 Å². The van der Waals surface area contributed by atoms with Crippen LogP contribution < -0.4 is 10.2 Å². The number of nitrogens with one attached hydrogen (secondary N) is 1. The molecule has 0 spiro atoms. The highest BCUT2D eigenvalue weighted by molar-refractivity contribution is 5.96. The van der Waals surface area contributed by atoms with Crippen molar-refractivity contribution in [2.45, 2.75) is 19.4 Å². The Balaban J connectivity index is 2.15. The minimum atomic E-state index is -1.11. The number of hydrogen-bond donors (Lipinski definition) is 2. The van der Waals surface area contributed by atoms with Crippen molar-refractivity contribution in [2.75, 3.05) is 11.4 Å². The van der Waals surface area contributed by atoms with Crippen molar-refractivity contribution in [1.29, 1.82) is 0 Å². The Labute approximate surface area is 103 Å². The number of carbonyl (C=O) groups is 2. The van der Waals surface area contributed by atoms with Gasteiger partial charge in [0, 0.05) is 6.54 Å². The zero-order chi connectivity index (χ0) is 13.3. The van der Waals surface area contributed by atoms with Crippen LogP contribution in [0, 0.1) is 5.82 Å². The number of benzene rings is 1. The standard InChI is InChI=1S/C12H13FN2O3/c1-7(11(16)17)14-12(18)15-5-4-8-2-3-9(13)6-10(8)15/h2-3,6-7H,4-5H2,1H3,(H,14,18)(H,16,17). The first-order valence-corrected chi connectivity index (χ1v) is 5.58. The van der Waals surface area contributed by atoms with E-state index in [9.17, 15) is 14.0 Å². The predicted molar refractivity (Wildman–Crippen MR) is 63.1 cm³/mol. The number of anilines is 1. The van der Waals surface area contributed by atoms with Crippen LogP contribution in [-0.4, -0.2) is 29.7 Å². The van der Waals surface area contributed by atoms with Crippen LogP contribution in [0.4, 0.5) is 14.9 Å². The van der Waals surface area contributed by atoms with E-state index in [1.54, 1.807) is 6.07 Å². The zero-order valence-corrected chi connectivity index (χ0v) is 9.81. The Morgan fingerprint density at radius 1 is 1.50 bits per heavy atom. The average molecular weight is 252 g/mol. The molecule has 1 unspecified atom stereocenters. The van der Waals surface area contributed by atoms with E-state index in [1.165, 1.54) is 24.0 Å². The van der Waals surface area contributed by atoms with Crippen LogP contribution >= 0.6 is 0 Å². The Hall–Kier alpha value is -2.11. The Bertz CT molecular complexity index is 504. The van der Waals surface area contributed by atoms with Gasteiger partial charge in [0.25, 0.3) is 0 Å². The summed E-state index contributed by atoms with van der Waals surface area (Å²) in [5, 5.41) is 11.1. The third-order valence-corrected chi connectivity index (χ3v) is 2.90. The molecule has 1 aromatic carbocycles. The van der Waals surface area contributed by atoms with E-state index >= 15 is 0 Å². The number of carboxylic acids is 1. The van der Waals surface area contributed by atoms with Gasteiger partial charge in [-0.15, -0.1) is 0 Å². The molecule has 0 radical (unpaired) electrons. The van der Waals surface area contributed by atoms with Gasteiger partial charge < -0.3 is 10.4 Å². The quantitative estimate of drug-likeness (QED) is 0.835. The number of fused-ring (bicyclic) bond motifs is 1. The number of rotatable bonds is 2. The summed E-state index contributed by atoms with van der Waals surface area (Å²) in [7, 11) is 0. The molecule has 1 aliphatic rings. The van der Waals surface area contributed by atoms with E-state index in [2.05, 4.69) is 5.32 Å². The second-order valence-corrected chi connectivity index (χ2v) is 4.18. The lowest BCUT2D eigenvalue weighted by atomic mass is 10.2. The molecule has 1 atom stereocenters. The van der Waals surface area contributed by atoms with Crippen LogP contribution in [0.15, 0.2) is 18.2 Å². The largest absolute Gasteiger partial charge is 0.480 e. The van der Waals surface area contributed by atoms with Crippen LogP contribution in [0.2, 0.25) is 0 Å². The van der Waals surface area contributed by atoms with Gasteiger partial charge in [-0.3, -0.25) is 9.69 Å². The Kier molecular flexibility index (Phi) is 3.18. The van der Waals surface area contributed by atoms with Gasteiger partial charge in [-0.05, 0) is 31.0 Å². The molecular formula is C12H13FN2O3. The predicted octanol–water partition coefficient (Wildman–Crippen LogP) is 1.37. The summed E-state index contributed by atoms with van der Waals surface area (Å²) in [6.07, 6.45) is 0.643. The van der Waals surface area contributed by atoms with Crippen molar-refractivity contribution >= 4 is 17.7 Å². The molecule has 0 saturated carbocycles. The minimum Gasteiger partial charge on any atom is -0.480 e. The van der Waals surface area contributed by atoms with Crippen molar-refractivity contribution in [2.24, 2.45) is 0 Å². The smallest absolute Gasteiger partial charge is 0.325 e. The van der Waals surface area contributed by atoms with Crippen LogP contribution in [0.5, 0.6) is 0 Å². The molecule has 1 heterocycles. The van der Waals surface area contributed by atoms with Crippen molar-refractivity contribution < 1.29 is 19.1 Å². The third kappa shape index (κ3) is 2.27. The van der Waals surface area contributed by atoms with E-state index in [4.69, 9.17) is 5.11 Å². The number of hydrogen-bond acceptors (Lipinski definition) is 2. The van der Waals surface area contributed by atoms with Gasteiger partial charge in [-0.25, -0.2) is 9.18 Å². The van der Waals surface area contributed by atoms with E-state index in [-0.39, 0.29) is 0 Å². The summed E-state index contributed by atoms with van der Waals surface area (Å²) in [5.74, 6) is -1.53. The van der Waals surface area contributed by atoms with Crippen molar-refractivity contribution in [3.05, 3.63) is 29.6 Å². The summed E-state index contributed by atoms with van der Waals surface area (Å²) in [4.78, 5) is 23.9. The Morgan fingerprint density at radius 2 is 2.22 bits per heavy atom. The fourth-order valence-electron chi connectivity index (χ4n) is 1.89. The highest BCUT2D eigenvalue weighted by Gasteiger charge is 2.26. The van der Waals surface area contributed by atoms with E-state index in [1.807, 2.05) is 0 Å². The zero-order valence-electron chi connectivity index (χ0n) is 9.81. The molecule has 18 heavy (non-hydrogen) atoms. The number of nitrogens with zero attached hydrogens (tertiary/aromatic N) is 1. The number of urea groups is 1. The van der Waals surface area contributed by atoms with Gasteiger partial charge >= 0.3 is 12.0 Å². The molecule has 0 bridgehead atoms. The topological polar surface area (TPSA) is 69.6 Å². The average Bonchev–Trinajstić information content (AvgIpc) is 2.71. The second-order valence-electron chi connectivity index (χ2n) is 4.18. The van der Waals surface area contributed by atoms with Gasteiger partial charge in [0.2, 0.25) is 0 Å². The molecule has 2 amide bonds. The van der Waals surface area contributed by atoms with Crippen molar-refractivity contribution in [1.82, 2.24) is 5.32 Å². The van der Waals surface area contributed by atoms with Crippen molar-refractivity contribution in [3.8, 4) is 0 Å². The van der Waals surface area contributed by atoms with Crippen LogP contribution in [0.1, 0.15) is 12.5 Å². The lowest BCUT2D eigenvalue weighted by Crippen LogP contribution is -2.46. The van der Waals surface area contributed by atoms with Crippen LogP contribution in [0.3, 0.4) is 0 Å². The summed E-state index contributed by atoms with van der Waals surface area (Å²) in [6.45, 7) is 1.81. The number of carboxylic acid groups (broad SMARTS) is 1. The number of carbonyl (C=O) groups excluding carboxylic acids is 1. The number of halogens is 1.